The molecule has 3 nitrogen and oxygen atoms in total. The van der Waals surface area contributed by atoms with Gasteiger partial charge in [0.1, 0.15) is 12.4 Å². The Bertz CT molecular complexity index is 641. The number of ether oxygens (including phenoxy) is 1. The van der Waals surface area contributed by atoms with Crippen molar-refractivity contribution in [3.63, 3.8) is 0 Å². The maximum absolute atomic E-state index is 13.5. The minimum absolute atomic E-state index is 0.142. The summed E-state index contributed by atoms with van der Waals surface area (Å²) in [6, 6.07) is 9.23. The van der Waals surface area contributed by atoms with Crippen LogP contribution in [0.1, 0.15) is 15.9 Å². The molecule has 0 aliphatic heterocycles. The molecule has 2 aromatic carbocycles. The van der Waals surface area contributed by atoms with Crippen molar-refractivity contribution in [1.29, 1.82) is 0 Å². The zero-order chi connectivity index (χ0) is 14.7. The fraction of sp³-hybridized carbons (Fsp3) is 0.0714. The Kier molecular flexibility index (Phi) is 4.77. The number of hydrogen-bond acceptors (Lipinski definition) is 3. The summed E-state index contributed by atoms with van der Waals surface area (Å²) in [5, 5.41) is 0. The van der Waals surface area contributed by atoms with Gasteiger partial charge in [0.2, 0.25) is 0 Å². The number of benzene rings is 2. The van der Waals surface area contributed by atoms with Crippen molar-refractivity contribution in [1.82, 2.24) is 0 Å². The topological polar surface area (TPSA) is 52.3 Å². The molecule has 0 bridgehead atoms. The summed E-state index contributed by atoms with van der Waals surface area (Å²) in [5.74, 6) is -0.980. The standard InChI is InChI=1S/C14H10Br2FNO2/c15-10-1-2-13(17)9(4-10)7-20-14(19)8-3-11(16)6-12(18)5-8/h1-6H,7,18H2. The molecule has 0 aliphatic rings. The summed E-state index contributed by atoms with van der Waals surface area (Å²) < 4.78 is 20.0. The monoisotopic (exact) mass is 401 g/mol. The lowest BCUT2D eigenvalue weighted by atomic mass is 10.2. The lowest BCUT2D eigenvalue weighted by Crippen LogP contribution is -2.07. The first-order chi connectivity index (χ1) is 9.45. The summed E-state index contributed by atoms with van der Waals surface area (Å²) in [7, 11) is 0. The minimum Gasteiger partial charge on any atom is -0.457 e. The van der Waals surface area contributed by atoms with Gasteiger partial charge in [0.25, 0.3) is 0 Å². The fourth-order valence-corrected chi connectivity index (χ4v) is 2.53. The molecule has 0 aromatic heterocycles. The average molecular weight is 403 g/mol. The van der Waals surface area contributed by atoms with Crippen molar-refractivity contribution >= 4 is 43.5 Å². The molecule has 6 heteroatoms. The fourth-order valence-electron chi connectivity index (χ4n) is 1.61. The van der Waals surface area contributed by atoms with Crippen LogP contribution in [-0.4, -0.2) is 5.97 Å². The zero-order valence-electron chi connectivity index (χ0n) is 10.2. The van der Waals surface area contributed by atoms with Gasteiger partial charge in [-0.05, 0) is 36.4 Å². The van der Waals surface area contributed by atoms with E-state index in [0.717, 1.165) is 4.47 Å². The van der Waals surface area contributed by atoms with Crippen LogP contribution in [0.2, 0.25) is 0 Å². The highest BCUT2D eigenvalue weighted by Crippen LogP contribution is 2.20. The lowest BCUT2D eigenvalue weighted by molar-refractivity contribution is 0.0469. The Balaban J connectivity index is 2.10. The SMILES string of the molecule is Nc1cc(Br)cc(C(=O)OCc2cc(Br)ccc2F)c1. The third-order valence-corrected chi connectivity index (χ3v) is 3.47. The summed E-state index contributed by atoms with van der Waals surface area (Å²) in [5.41, 5.74) is 6.70. The first-order valence-corrected chi connectivity index (χ1v) is 7.21. The van der Waals surface area contributed by atoms with Crippen LogP contribution in [0.4, 0.5) is 10.1 Å². The van der Waals surface area contributed by atoms with Crippen LogP contribution in [0.5, 0.6) is 0 Å². The number of nitrogens with two attached hydrogens (primary N) is 1. The van der Waals surface area contributed by atoms with E-state index in [-0.39, 0.29) is 6.61 Å². The predicted octanol–water partition coefficient (Wildman–Crippen LogP) is 4.29. The molecule has 0 saturated carbocycles. The third-order valence-electron chi connectivity index (χ3n) is 2.52. The van der Waals surface area contributed by atoms with E-state index in [0.29, 0.717) is 21.3 Å². The quantitative estimate of drug-likeness (QED) is 0.615. The molecule has 2 aromatic rings. The Morgan fingerprint density at radius 1 is 1.15 bits per heavy atom. The van der Waals surface area contributed by atoms with Gasteiger partial charge in [0.15, 0.2) is 0 Å². The molecule has 0 radical (unpaired) electrons. The molecule has 104 valence electrons. The molecular weight excluding hydrogens is 393 g/mol. The van der Waals surface area contributed by atoms with Gasteiger partial charge in [0.05, 0.1) is 5.56 Å². The van der Waals surface area contributed by atoms with Gasteiger partial charge in [-0.25, -0.2) is 9.18 Å². The van der Waals surface area contributed by atoms with Crippen LogP contribution in [0.15, 0.2) is 45.3 Å². The second-order valence-electron chi connectivity index (χ2n) is 4.09. The van der Waals surface area contributed by atoms with E-state index in [1.807, 2.05) is 0 Å². The number of carbonyl (C=O) groups excluding carboxylic acids is 1. The molecule has 0 heterocycles. The van der Waals surface area contributed by atoms with Gasteiger partial charge < -0.3 is 10.5 Å². The van der Waals surface area contributed by atoms with E-state index in [1.54, 1.807) is 24.3 Å². The Morgan fingerprint density at radius 2 is 1.90 bits per heavy atom. The molecule has 0 aliphatic carbocycles. The van der Waals surface area contributed by atoms with E-state index in [4.69, 9.17) is 10.5 Å². The van der Waals surface area contributed by atoms with Crippen LogP contribution < -0.4 is 5.73 Å². The minimum atomic E-state index is -0.558. The van der Waals surface area contributed by atoms with Crippen LogP contribution >= 0.6 is 31.9 Å². The molecule has 2 N–H and O–H groups in total. The number of rotatable bonds is 3. The molecule has 2 rings (SSSR count). The van der Waals surface area contributed by atoms with Gasteiger partial charge >= 0.3 is 5.97 Å². The summed E-state index contributed by atoms with van der Waals surface area (Å²) >= 11 is 6.48. The van der Waals surface area contributed by atoms with Gasteiger partial charge in [-0.3, -0.25) is 0 Å². The first-order valence-electron chi connectivity index (χ1n) is 5.63. The molecular formula is C14H10Br2FNO2. The van der Waals surface area contributed by atoms with Gasteiger partial charge in [-0.15, -0.1) is 0 Å². The van der Waals surface area contributed by atoms with E-state index < -0.39 is 11.8 Å². The van der Waals surface area contributed by atoms with E-state index in [9.17, 15) is 9.18 Å². The summed E-state index contributed by atoms with van der Waals surface area (Å²) in [6.45, 7) is -0.142. The summed E-state index contributed by atoms with van der Waals surface area (Å²) in [4.78, 5) is 11.9. The number of hydrogen-bond donors (Lipinski definition) is 1. The highest BCUT2D eigenvalue weighted by molar-refractivity contribution is 9.10. The molecule has 0 unspecified atom stereocenters. The average Bonchev–Trinajstić information content (AvgIpc) is 2.38. The number of carbonyl (C=O) groups is 1. The summed E-state index contributed by atoms with van der Waals surface area (Å²) in [6.07, 6.45) is 0. The van der Waals surface area contributed by atoms with Crippen molar-refractivity contribution in [2.75, 3.05) is 5.73 Å². The van der Waals surface area contributed by atoms with Crippen LogP contribution in [0.3, 0.4) is 0 Å². The van der Waals surface area contributed by atoms with Crippen molar-refractivity contribution in [2.45, 2.75) is 6.61 Å². The molecule has 0 fully saturated rings. The Labute approximate surface area is 132 Å². The highest BCUT2D eigenvalue weighted by atomic mass is 79.9. The molecule has 0 amide bonds. The Morgan fingerprint density at radius 3 is 2.60 bits per heavy atom. The van der Waals surface area contributed by atoms with E-state index in [1.165, 1.54) is 12.1 Å². The van der Waals surface area contributed by atoms with Crippen molar-refractivity contribution in [3.05, 3.63) is 62.3 Å². The van der Waals surface area contributed by atoms with Gasteiger partial charge in [0, 0.05) is 20.2 Å². The molecule has 20 heavy (non-hydrogen) atoms. The largest absolute Gasteiger partial charge is 0.457 e. The number of nitrogen functional groups attached to an aromatic ring is 1. The van der Waals surface area contributed by atoms with Crippen molar-refractivity contribution in [2.24, 2.45) is 0 Å². The smallest absolute Gasteiger partial charge is 0.338 e. The lowest BCUT2D eigenvalue weighted by Gasteiger charge is -2.07. The van der Waals surface area contributed by atoms with Crippen LogP contribution in [0, 0.1) is 5.82 Å². The second-order valence-corrected chi connectivity index (χ2v) is 5.92. The number of esters is 1. The van der Waals surface area contributed by atoms with Crippen molar-refractivity contribution in [3.8, 4) is 0 Å². The number of anilines is 1. The zero-order valence-corrected chi connectivity index (χ0v) is 13.4. The molecule has 0 spiro atoms. The van der Waals surface area contributed by atoms with E-state index >= 15 is 0 Å². The normalized spacial score (nSPS) is 10.3. The maximum atomic E-state index is 13.5. The number of halogens is 3. The second kappa shape index (κ2) is 6.37. The van der Waals surface area contributed by atoms with Gasteiger partial charge in [-0.2, -0.15) is 0 Å². The molecule has 0 atom stereocenters. The first kappa shape index (κ1) is 15.0. The van der Waals surface area contributed by atoms with Crippen LogP contribution in [-0.2, 0) is 11.3 Å². The van der Waals surface area contributed by atoms with Crippen molar-refractivity contribution < 1.29 is 13.9 Å². The maximum Gasteiger partial charge on any atom is 0.338 e. The van der Waals surface area contributed by atoms with Gasteiger partial charge in [-0.1, -0.05) is 31.9 Å². The Hall–Kier alpha value is -1.40. The van der Waals surface area contributed by atoms with E-state index in [2.05, 4.69) is 31.9 Å². The molecule has 0 saturated heterocycles. The van der Waals surface area contributed by atoms with Crippen LogP contribution in [0.25, 0.3) is 0 Å². The highest BCUT2D eigenvalue weighted by Gasteiger charge is 2.11. The third kappa shape index (κ3) is 3.80. The predicted molar refractivity (Wildman–Crippen MR) is 81.8 cm³/mol.